The van der Waals surface area contributed by atoms with Crippen molar-refractivity contribution in [3.63, 3.8) is 0 Å². The third-order valence-corrected chi connectivity index (χ3v) is 1.69. The fraction of sp³-hybridized carbons (Fsp3) is 0.143. The highest BCUT2D eigenvalue weighted by molar-refractivity contribution is 5.72. The zero-order chi connectivity index (χ0) is 8.55. The molecule has 0 amide bonds. The Labute approximate surface area is 68.6 Å². The molecule has 0 aliphatic rings. The smallest absolute Gasteiger partial charge is 0.143 e. The Morgan fingerprint density at radius 2 is 2.33 bits per heavy atom. The van der Waals surface area contributed by atoms with Gasteiger partial charge in [0.25, 0.3) is 0 Å². The van der Waals surface area contributed by atoms with Crippen molar-refractivity contribution in [2.45, 2.75) is 6.92 Å². The number of aromatic nitrogens is 3. The topological polar surface area (TPSA) is 80.7 Å². The molecule has 12 heavy (non-hydrogen) atoms. The van der Waals surface area contributed by atoms with Crippen molar-refractivity contribution in [3.05, 3.63) is 18.2 Å². The molecule has 2 rings (SSSR count). The van der Waals surface area contributed by atoms with Crippen LogP contribution in [-0.2, 0) is 0 Å². The van der Waals surface area contributed by atoms with Crippen molar-refractivity contribution in [2.24, 2.45) is 0 Å². The van der Waals surface area contributed by atoms with Gasteiger partial charge in [-0.2, -0.15) is 5.10 Å². The lowest BCUT2D eigenvalue weighted by Crippen LogP contribution is -1.86. The number of nitrogens with two attached hydrogens (primary N) is 1. The molecule has 2 heterocycles. The Morgan fingerprint density at radius 1 is 1.50 bits per heavy atom. The summed E-state index contributed by atoms with van der Waals surface area (Å²) < 4.78 is 4.89. The average Bonchev–Trinajstić information content (AvgIpc) is 2.59. The number of nitrogens with zero attached hydrogens (tertiary/aromatic N) is 2. The summed E-state index contributed by atoms with van der Waals surface area (Å²) in [4.78, 5) is 0. The monoisotopic (exact) mass is 164 g/mol. The number of rotatable bonds is 1. The molecule has 0 bridgehead atoms. The molecule has 0 spiro atoms. The summed E-state index contributed by atoms with van der Waals surface area (Å²) in [6, 6.07) is 0. The molecular weight excluding hydrogens is 156 g/mol. The van der Waals surface area contributed by atoms with Crippen molar-refractivity contribution in [3.8, 4) is 11.3 Å². The maximum Gasteiger partial charge on any atom is 0.143 e. The number of nitrogens with one attached hydrogen (secondary N) is 1. The van der Waals surface area contributed by atoms with Gasteiger partial charge in [-0.15, -0.1) is 0 Å². The van der Waals surface area contributed by atoms with Crippen LogP contribution in [0.25, 0.3) is 11.3 Å². The minimum absolute atomic E-state index is 0.598. The van der Waals surface area contributed by atoms with E-state index < -0.39 is 0 Å². The van der Waals surface area contributed by atoms with Crippen LogP contribution in [0.2, 0.25) is 0 Å². The highest BCUT2D eigenvalue weighted by atomic mass is 16.5. The van der Waals surface area contributed by atoms with E-state index in [0.717, 1.165) is 17.0 Å². The molecule has 2 aromatic rings. The number of aryl methyl sites for hydroxylation is 1. The quantitative estimate of drug-likeness (QED) is 0.657. The number of nitrogen functional groups attached to an aromatic ring is 1. The van der Waals surface area contributed by atoms with Crippen LogP contribution in [0.15, 0.2) is 16.9 Å². The molecule has 0 aliphatic heterocycles. The van der Waals surface area contributed by atoms with Gasteiger partial charge in [0.15, 0.2) is 0 Å². The first-order valence-electron chi connectivity index (χ1n) is 3.49. The molecule has 3 N–H and O–H groups in total. The molecule has 0 saturated carbocycles. The van der Waals surface area contributed by atoms with E-state index in [-0.39, 0.29) is 0 Å². The fourth-order valence-corrected chi connectivity index (χ4v) is 1.05. The van der Waals surface area contributed by atoms with Crippen molar-refractivity contribution in [2.75, 3.05) is 5.73 Å². The van der Waals surface area contributed by atoms with Crippen molar-refractivity contribution >= 4 is 5.69 Å². The molecule has 0 fully saturated rings. The third-order valence-electron chi connectivity index (χ3n) is 1.69. The predicted molar refractivity (Wildman–Crippen MR) is 43.2 cm³/mol. The van der Waals surface area contributed by atoms with Gasteiger partial charge in [0, 0.05) is 0 Å². The first kappa shape index (κ1) is 6.90. The average molecular weight is 164 g/mol. The predicted octanol–water partition coefficient (Wildman–Crippen LogP) is 0.955. The number of aromatic amines is 1. The first-order chi connectivity index (χ1) is 5.79. The van der Waals surface area contributed by atoms with E-state index in [2.05, 4.69) is 15.4 Å². The second kappa shape index (κ2) is 2.37. The van der Waals surface area contributed by atoms with Gasteiger partial charge >= 0.3 is 0 Å². The minimum Gasteiger partial charge on any atom is -0.396 e. The molecule has 0 radical (unpaired) electrons. The van der Waals surface area contributed by atoms with Gasteiger partial charge < -0.3 is 10.3 Å². The van der Waals surface area contributed by atoms with Crippen molar-refractivity contribution < 1.29 is 4.52 Å². The SMILES string of the molecule is Cc1oncc1-c1[nH]ncc1N. The van der Waals surface area contributed by atoms with Crippen LogP contribution in [0.3, 0.4) is 0 Å². The van der Waals surface area contributed by atoms with Crippen LogP contribution in [0.5, 0.6) is 0 Å². The lowest BCUT2D eigenvalue weighted by Gasteiger charge is -1.93. The zero-order valence-corrected chi connectivity index (χ0v) is 6.53. The van der Waals surface area contributed by atoms with E-state index in [1.54, 1.807) is 12.4 Å². The zero-order valence-electron chi connectivity index (χ0n) is 6.53. The van der Waals surface area contributed by atoms with Crippen molar-refractivity contribution in [1.82, 2.24) is 15.4 Å². The lowest BCUT2D eigenvalue weighted by molar-refractivity contribution is 0.398. The highest BCUT2D eigenvalue weighted by Crippen LogP contribution is 2.25. The van der Waals surface area contributed by atoms with E-state index in [1.165, 1.54) is 0 Å². The van der Waals surface area contributed by atoms with E-state index in [1.807, 2.05) is 6.92 Å². The largest absolute Gasteiger partial charge is 0.396 e. The molecule has 62 valence electrons. The van der Waals surface area contributed by atoms with E-state index in [4.69, 9.17) is 10.3 Å². The van der Waals surface area contributed by atoms with Gasteiger partial charge in [0.1, 0.15) is 5.76 Å². The first-order valence-corrected chi connectivity index (χ1v) is 3.49. The number of hydrogen-bond donors (Lipinski definition) is 2. The van der Waals surface area contributed by atoms with Crippen LogP contribution in [-0.4, -0.2) is 15.4 Å². The van der Waals surface area contributed by atoms with Crippen LogP contribution < -0.4 is 5.73 Å². The summed E-state index contributed by atoms with van der Waals surface area (Å²) >= 11 is 0. The van der Waals surface area contributed by atoms with Gasteiger partial charge in [-0.05, 0) is 6.92 Å². The van der Waals surface area contributed by atoms with Crippen LogP contribution in [0.4, 0.5) is 5.69 Å². The Morgan fingerprint density at radius 3 is 2.83 bits per heavy atom. The Hall–Kier alpha value is -1.78. The highest BCUT2D eigenvalue weighted by Gasteiger charge is 2.10. The number of hydrogen-bond acceptors (Lipinski definition) is 4. The van der Waals surface area contributed by atoms with Crippen LogP contribution in [0, 0.1) is 6.92 Å². The molecule has 0 saturated heterocycles. The van der Waals surface area contributed by atoms with Gasteiger partial charge in [-0.3, -0.25) is 5.10 Å². The van der Waals surface area contributed by atoms with Crippen LogP contribution in [0.1, 0.15) is 5.76 Å². The second-order valence-corrected chi connectivity index (χ2v) is 2.50. The lowest BCUT2D eigenvalue weighted by atomic mass is 10.2. The molecule has 0 aliphatic carbocycles. The molecule has 5 heteroatoms. The standard InChI is InChI=1S/C7H8N4O/c1-4-5(2-10-12-4)7-6(8)3-9-11-7/h2-3H,8H2,1H3,(H,9,11). The Kier molecular flexibility index (Phi) is 1.36. The normalized spacial score (nSPS) is 10.4. The van der Waals surface area contributed by atoms with Gasteiger partial charge in [0.05, 0.1) is 29.3 Å². The van der Waals surface area contributed by atoms with Crippen LogP contribution >= 0.6 is 0 Å². The molecule has 0 unspecified atom stereocenters. The van der Waals surface area contributed by atoms with Gasteiger partial charge in [-0.1, -0.05) is 5.16 Å². The Balaban J connectivity index is 2.57. The maximum atomic E-state index is 5.64. The minimum atomic E-state index is 0.598. The number of H-pyrrole nitrogens is 1. The summed E-state index contributed by atoms with van der Waals surface area (Å²) in [7, 11) is 0. The maximum absolute atomic E-state index is 5.64. The molecular formula is C7H8N4O. The summed E-state index contributed by atoms with van der Waals surface area (Å²) in [5, 5.41) is 10.2. The molecule has 2 aromatic heterocycles. The molecule has 0 aromatic carbocycles. The fourth-order valence-electron chi connectivity index (χ4n) is 1.05. The van der Waals surface area contributed by atoms with Crippen molar-refractivity contribution in [1.29, 1.82) is 0 Å². The second-order valence-electron chi connectivity index (χ2n) is 2.50. The molecule has 5 nitrogen and oxygen atoms in total. The summed E-state index contributed by atoms with van der Waals surface area (Å²) in [6.45, 7) is 1.82. The van der Waals surface area contributed by atoms with Gasteiger partial charge in [0.2, 0.25) is 0 Å². The molecule has 0 atom stereocenters. The summed E-state index contributed by atoms with van der Waals surface area (Å²) in [5.74, 6) is 0.728. The number of anilines is 1. The van der Waals surface area contributed by atoms with Gasteiger partial charge in [-0.25, -0.2) is 0 Å². The van der Waals surface area contributed by atoms with E-state index in [9.17, 15) is 0 Å². The Bertz CT molecular complexity index is 351. The van der Waals surface area contributed by atoms with E-state index in [0.29, 0.717) is 5.69 Å². The third kappa shape index (κ3) is 0.868. The van der Waals surface area contributed by atoms with E-state index >= 15 is 0 Å². The summed E-state index contributed by atoms with van der Waals surface area (Å²) in [6.07, 6.45) is 3.17. The summed E-state index contributed by atoms with van der Waals surface area (Å²) in [5.41, 5.74) is 7.85.